The van der Waals surface area contributed by atoms with E-state index in [4.69, 9.17) is 10.8 Å². The summed E-state index contributed by atoms with van der Waals surface area (Å²) in [4.78, 5) is 12.9. The van der Waals surface area contributed by atoms with Crippen LogP contribution >= 0.6 is 0 Å². The van der Waals surface area contributed by atoms with Crippen molar-refractivity contribution in [2.24, 2.45) is 11.7 Å². The monoisotopic (exact) mass is 214 g/mol. The zero-order valence-corrected chi connectivity index (χ0v) is 9.48. The van der Waals surface area contributed by atoms with Crippen LogP contribution in [-0.2, 0) is 4.79 Å². The Morgan fingerprint density at radius 1 is 1.67 bits per heavy atom. The van der Waals surface area contributed by atoms with Gasteiger partial charge >= 0.3 is 5.97 Å². The lowest BCUT2D eigenvalue weighted by Crippen LogP contribution is -2.33. The van der Waals surface area contributed by atoms with Crippen LogP contribution in [0, 0.1) is 5.92 Å². The van der Waals surface area contributed by atoms with E-state index in [1.165, 1.54) is 19.4 Å². The molecule has 0 aromatic carbocycles. The third-order valence-electron chi connectivity index (χ3n) is 3.17. The smallest absolute Gasteiger partial charge is 0.320 e. The average Bonchev–Trinajstić information content (AvgIpc) is 2.17. The fourth-order valence-electron chi connectivity index (χ4n) is 2.26. The van der Waals surface area contributed by atoms with E-state index < -0.39 is 12.0 Å². The second-order valence-corrected chi connectivity index (χ2v) is 4.65. The van der Waals surface area contributed by atoms with Crippen LogP contribution in [0.15, 0.2) is 0 Å². The molecule has 4 heteroatoms. The highest BCUT2D eigenvalue weighted by atomic mass is 16.4. The molecule has 0 saturated carbocycles. The molecule has 0 aromatic rings. The van der Waals surface area contributed by atoms with Crippen molar-refractivity contribution in [2.75, 3.05) is 20.1 Å². The van der Waals surface area contributed by atoms with Crippen molar-refractivity contribution in [1.29, 1.82) is 0 Å². The van der Waals surface area contributed by atoms with Crippen molar-refractivity contribution in [2.45, 2.75) is 38.1 Å². The minimum Gasteiger partial charge on any atom is -0.480 e. The highest BCUT2D eigenvalue weighted by Crippen LogP contribution is 2.20. The number of piperidine rings is 1. The Balaban J connectivity index is 2.11. The lowest BCUT2D eigenvalue weighted by atomic mass is 9.92. The SMILES string of the molecule is CN1CCCC(CCCC(N)C(=O)O)C1. The quantitative estimate of drug-likeness (QED) is 0.714. The molecule has 0 amide bonds. The van der Waals surface area contributed by atoms with Gasteiger partial charge in [0.2, 0.25) is 0 Å². The molecule has 0 aromatic heterocycles. The van der Waals surface area contributed by atoms with Gasteiger partial charge in [0.15, 0.2) is 0 Å². The van der Waals surface area contributed by atoms with E-state index in [9.17, 15) is 4.79 Å². The minimum atomic E-state index is -0.879. The molecule has 1 heterocycles. The predicted molar refractivity (Wildman–Crippen MR) is 59.7 cm³/mol. The second kappa shape index (κ2) is 6.08. The van der Waals surface area contributed by atoms with Crippen LogP contribution in [0.4, 0.5) is 0 Å². The first kappa shape index (κ1) is 12.5. The Kier molecular flexibility index (Phi) is 5.05. The fourth-order valence-corrected chi connectivity index (χ4v) is 2.26. The highest BCUT2D eigenvalue weighted by Gasteiger charge is 2.18. The van der Waals surface area contributed by atoms with Crippen molar-refractivity contribution < 1.29 is 9.90 Å². The van der Waals surface area contributed by atoms with Gasteiger partial charge in [-0.1, -0.05) is 6.42 Å². The molecule has 1 aliphatic heterocycles. The van der Waals surface area contributed by atoms with Crippen molar-refractivity contribution in [3.05, 3.63) is 0 Å². The van der Waals surface area contributed by atoms with E-state index in [1.807, 2.05) is 0 Å². The van der Waals surface area contributed by atoms with Gasteiger partial charge in [0, 0.05) is 6.54 Å². The maximum atomic E-state index is 10.5. The van der Waals surface area contributed by atoms with E-state index in [-0.39, 0.29) is 0 Å². The lowest BCUT2D eigenvalue weighted by Gasteiger charge is -2.29. The maximum absolute atomic E-state index is 10.5. The van der Waals surface area contributed by atoms with Crippen LogP contribution in [-0.4, -0.2) is 42.2 Å². The Morgan fingerprint density at radius 2 is 2.40 bits per heavy atom. The number of nitrogens with two attached hydrogens (primary N) is 1. The number of nitrogens with zero attached hydrogens (tertiary/aromatic N) is 1. The Hall–Kier alpha value is -0.610. The summed E-state index contributed by atoms with van der Waals surface area (Å²) in [7, 11) is 2.15. The van der Waals surface area contributed by atoms with Crippen LogP contribution in [0.2, 0.25) is 0 Å². The van der Waals surface area contributed by atoms with Gasteiger partial charge in [0.1, 0.15) is 6.04 Å². The van der Waals surface area contributed by atoms with Crippen molar-refractivity contribution >= 4 is 5.97 Å². The minimum absolute atomic E-state index is 0.607. The summed E-state index contributed by atoms with van der Waals surface area (Å²) >= 11 is 0. The lowest BCUT2D eigenvalue weighted by molar-refractivity contribution is -0.138. The van der Waals surface area contributed by atoms with E-state index in [2.05, 4.69) is 11.9 Å². The van der Waals surface area contributed by atoms with E-state index >= 15 is 0 Å². The molecule has 88 valence electrons. The molecule has 4 nitrogen and oxygen atoms in total. The van der Waals surface area contributed by atoms with Crippen LogP contribution in [0.25, 0.3) is 0 Å². The van der Waals surface area contributed by atoms with E-state index in [0.29, 0.717) is 6.42 Å². The van der Waals surface area contributed by atoms with Gasteiger partial charge < -0.3 is 15.7 Å². The fraction of sp³-hybridized carbons (Fsp3) is 0.909. The van der Waals surface area contributed by atoms with Gasteiger partial charge in [-0.05, 0) is 45.2 Å². The number of carbonyl (C=O) groups is 1. The van der Waals surface area contributed by atoms with Crippen LogP contribution in [0.5, 0.6) is 0 Å². The van der Waals surface area contributed by atoms with Crippen LogP contribution in [0.3, 0.4) is 0 Å². The largest absolute Gasteiger partial charge is 0.480 e. The van der Waals surface area contributed by atoms with Crippen molar-refractivity contribution in [1.82, 2.24) is 4.90 Å². The first-order valence-corrected chi connectivity index (χ1v) is 5.76. The molecule has 0 bridgehead atoms. The molecule has 15 heavy (non-hydrogen) atoms. The molecule has 0 spiro atoms. The first-order chi connectivity index (χ1) is 7.09. The van der Waals surface area contributed by atoms with Crippen LogP contribution in [0.1, 0.15) is 32.1 Å². The molecule has 0 aliphatic carbocycles. The van der Waals surface area contributed by atoms with Gasteiger partial charge in [-0.2, -0.15) is 0 Å². The molecule has 0 radical (unpaired) electrons. The number of carboxylic acids is 1. The summed E-state index contributed by atoms with van der Waals surface area (Å²) in [6, 6.07) is -0.675. The third kappa shape index (κ3) is 4.62. The van der Waals surface area contributed by atoms with Gasteiger partial charge in [-0.25, -0.2) is 0 Å². The molecule has 2 atom stereocenters. The summed E-state index contributed by atoms with van der Waals surface area (Å²) in [5, 5.41) is 8.63. The number of hydrogen-bond donors (Lipinski definition) is 2. The summed E-state index contributed by atoms with van der Waals surface area (Å²) in [6.07, 6.45) is 5.21. The number of rotatable bonds is 5. The standard InChI is InChI=1S/C11H22N2O2/c1-13-7-3-5-9(8-13)4-2-6-10(12)11(14)15/h9-10H,2-8,12H2,1H3,(H,14,15). The Labute approximate surface area is 91.4 Å². The van der Waals surface area contributed by atoms with E-state index in [0.717, 1.165) is 25.3 Å². The summed E-state index contributed by atoms with van der Waals surface area (Å²) < 4.78 is 0. The zero-order chi connectivity index (χ0) is 11.3. The highest BCUT2D eigenvalue weighted by molar-refractivity contribution is 5.72. The van der Waals surface area contributed by atoms with Crippen molar-refractivity contribution in [3.63, 3.8) is 0 Å². The average molecular weight is 214 g/mol. The third-order valence-corrected chi connectivity index (χ3v) is 3.17. The summed E-state index contributed by atoms with van der Waals surface area (Å²) in [6.45, 7) is 2.35. The number of likely N-dealkylation sites (tertiary alicyclic amines) is 1. The Morgan fingerprint density at radius 3 is 3.00 bits per heavy atom. The first-order valence-electron chi connectivity index (χ1n) is 5.76. The van der Waals surface area contributed by atoms with Gasteiger partial charge in [0.25, 0.3) is 0 Å². The number of aliphatic carboxylic acids is 1. The number of hydrogen-bond acceptors (Lipinski definition) is 3. The van der Waals surface area contributed by atoms with Gasteiger partial charge in [-0.3, -0.25) is 4.79 Å². The van der Waals surface area contributed by atoms with Gasteiger partial charge in [-0.15, -0.1) is 0 Å². The molecular formula is C11H22N2O2. The maximum Gasteiger partial charge on any atom is 0.320 e. The molecular weight excluding hydrogens is 192 g/mol. The molecule has 1 rings (SSSR count). The van der Waals surface area contributed by atoms with Crippen LogP contribution < -0.4 is 5.73 Å². The molecule has 3 N–H and O–H groups in total. The molecule has 1 fully saturated rings. The van der Waals surface area contributed by atoms with E-state index in [1.54, 1.807) is 0 Å². The summed E-state index contributed by atoms with van der Waals surface area (Å²) in [5.74, 6) is -0.138. The molecule has 2 unspecified atom stereocenters. The molecule has 1 aliphatic rings. The topological polar surface area (TPSA) is 66.6 Å². The second-order valence-electron chi connectivity index (χ2n) is 4.65. The van der Waals surface area contributed by atoms with Crippen molar-refractivity contribution in [3.8, 4) is 0 Å². The Bertz CT molecular complexity index is 209. The van der Waals surface area contributed by atoms with Gasteiger partial charge in [0.05, 0.1) is 0 Å². The predicted octanol–water partition coefficient (Wildman–Crippen LogP) is 0.910. The summed E-state index contributed by atoms with van der Waals surface area (Å²) in [5.41, 5.74) is 5.45. The number of carboxylic acid groups (broad SMARTS) is 1. The zero-order valence-electron chi connectivity index (χ0n) is 9.48. The normalized spacial score (nSPS) is 25.1. The molecule has 1 saturated heterocycles.